The van der Waals surface area contributed by atoms with Gasteiger partial charge in [0.2, 0.25) is 5.91 Å². The van der Waals surface area contributed by atoms with Gasteiger partial charge in [-0.15, -0.1) is 0 Å². The van der Waals surface area contributed by atoms with Gasteiger partial charge in [-0.2, -0.15) is 0 Å². The van der Waals surface area contributed by atoms with Crippen LogP contribution < -0.4 is 5.32 Å². The number of carbonyl (C=O) groups excluding carboxylic acids is 2. The van der Waals surface area contributed by atoms with Gasteiger partial charge < -0.3 is 10.2 Å². The van der Waals surface area contributed by atoms with Crippen molar-refractivity contribution in [3.63, 3.8) is 0 Å². The highest BCUT2D eigenvalue weighted by atomic mass is 19.1. The Balaban J connectivity index is 1.97. The molecule has 2 amide bonds. The van der Waals surface area contributed by atoms with Crippen molar-refractivity contribution in [3.8, 4) is 0 Å². The van der Waals surface area contributed by atoms with E-state index in [4.69, 9.17) is 0 Å². The summed E-state index contributed by atoms with van der Waals surface area (Å²) in [4.78, 5) is 25.1. The molecule has 0 spiro atoms. The first kappa shape index (κ1) is 16.4. The maximum absolute atomic E-state index is 12.8. The number of carbonyl (C=O) groups is 2. The molecule has 4 nitrogen and oxygen atoms in total. The average molecular weight is 312 g/mol. The normalized spacial score (nSPS) is 10.6. The van der Waals surface area contributed by atoms with Crippen LogP contribution >= 0.6 is 0 Å². The van der Waals surface area contributed by atoms with Gasteiger partial charge in [0.25, 0.3) is 5.91 Å². The standard InChI is InChI=1S/C18H17FN2O2/c1-21(2)18(23)14-6-10-16(11-7-14)20-17(22)12-5-13-3-8-15(19)9-4-13/h3-12H,1-2H3,(H,20,22)/b12-5+. The molecule has 2 aromatic rings. The van der Waals surface area contributed by atoms with Gasteiger partial charge in [0, 0.05) is 31.4 Å². The molecule has 23 heavy (non-hydrogen) atoms. The molecule has 2 rings (SSSR count). The maximum atomic E-state index is 12.8. The fourth-order valence-corrected chi connectivity index (χ4v) is 1.88. The van der Waals surface area contributed by atoms with E-state index in [-0.39, 0.29) is 17.6 Å². The van der Waals surface area contributed by atoms with E-state index in [2.05, 4.69) is 5.32 Å². The Morgan fingerprint density at radius 2 is 1.61 bits per heavy atom. The highest BCUT2D eigenvalue weighted by Gasteiger charge is 2.07. The lowest BCUT2D eigenvalue weighted by atomic mass is 10.2. The quantitative estimate of drug-likeness (QED) is 0.882. The molecule has 0 fully saturated rings. The monoisotopic (exact) mass is 312 g/mol. The fraction of sp³-hybridized carbons (Fsp3) is 0.111. The summed E-state index contributed by atoms with van der Waals surface area (Å²) in [5.74, 6) is -0.723. The van der Waals surface area contributed by atoms with E-state index >= 15 is 0 Å². The Morgan fingerprint density at radius 1 is 1.00 bits per heavy atom. The Labute approximate surface area is 134 Å². The first-order valence-electron chi connectivity index (χ1n) is 7.02. The van der Waals surface area contributed by atoms with Gasteiger partial charge in [-0.1, -0.05) is 12.1 Å². The van der Waals surface area contributed by atoms with E-state index in [9.17, 15) is 14.0 Å². The molecule has 0 heterocycles. The number of amides is 2. The zero-order valence-electron chi connectivity index (χ0n) is 12.9. The first-order chi connectivity index (χ1) is 11.0. The van der Waals surface area contributed by atoms with Crippen LogP contribution in [0.2, 0.25) is 0 Å². The van der Waals surface area contributed by atoms with Crippen LogP contribution in [-0.2, 0) is 4.79 Å². The summed E-state index contributed by atoms with van der Waals surface area (Å²) >= 11 is 0. The van der Waals surface area contributed by atoms with Crippen LogP contribution in [0.25, 0.3) is 6.08 Å². The molecule has 0 saturated heterocycles. The molecule has 0 aliphatic heterocycles. The van der Waals surface area contributed by atoms with Crippen molar-refractivity contribution in [1.29, 1.82) is 0 Å². The van der Waals surface area contributed by atoms with Gasteiger partial charge in [-0.3, -0.25) is 9.59 Å². The summed E-state index contributed by atoms with van der Waals surface area (Å²) in [6, 6.07) is 12.5. The Kier molecular flexibility index (Phi) is 5.25. The lowest BCUT2D eigenvalue weighted by Gasteiger charge is -2.10. The number of benzene rings is 2. The zero-order valence-corrected chi connectivity index (χ0v) is 12.9. The number of hydrogen-bond donors (Lipinski definition) is 1. The molecule has 118 valence electrons. The SMILES string of the molecule is CN(C)C(=O)c1ccc(NC(=O)/C=C/c2ccc(F)cc2)cc1. The topological polar surface area (TPSA) is 49.4 Å². The number of hydrogen-bond acceptors (Lipinski definition) is 2. The predicted octanol–water partition coefficient (Wildman–Crippen LogP) is 3.18. The number of rotatable bonds is 4. The summed E-state index contributed by atoms with van der Waals surface area (Å²) in [6.07, 6.45) is 2.96. The molecule has 0 bridgehead atoms. The Bertz CT molecular complexity index is 720. The minimum Gasteiger partial charge on any atom is -0.345 e. The van der Waals surface area contributed by atoms with Gasteiger partial charge in [0.05, 0.1) is 0 Å². The van der Waals surface area contributed by atoms with Crippen LogP contribution in [-0.4, -0.2) is 30.8 Å². The van der Waals surface area contributed by atoms with Crippen LogP contribution in [0.3, 0.4) is 0 Å². The largest absolute Gasteiger partial charge is 0.345 e. The molecular weight excluding hydrogens is 295 g/mol. The second-order valence-corrected chi connectivity index (χ2v) is 5.15. The van der Waals surface area contributed by atoms with Crippen LogP contribution in [0.5, 0.6) is 0 Å². The van der Waals surface area contributed by atoms with Crippen molar-refractivity contribution in [2.75, 3.05) is 19.4 Å². The highest BCUT2D eigenvalue weighted by molar-refractivity contribution is 6.02. The van der Waals surface area contributed by atoms with E-state index in [1.165, 1.54) is 23.1 Å². The van der Waals surface area contributed by atoms with E-state index in [1.54, 1.807) is 56.6 Å². The molecule has 0 aliphatic carbocycles. The van der Waals surface area contributed by atoms with Gasteiger partial charge in [0.1, 0.15) is 5.82 Å². The summed E-state index contributed by atoms with van der Waals surface area (Å²) in [5.41, 5.74) is 1.87. The third-order valence-electron chi connectivity index (χ3n) is 3.10. The third kappa shape index (κ3) is 4.78. The van der Waals surface area contributed by atoms with Crippen LogP contribution in [0, 0.1) is 5.82 Å². The second kappa shape index (κ2) is 7.35. The molecule has 0 radical (unpaired) electrons. The lowest BCUT2D eigenvalue weighted by molar-refractivity contribution is -0.111. The van der Waals surface area contributed by atoms with Gasteiger partial charge in [0.15, 0.2) is 0 Å². The number of anilines is 1. The van der Waals surface area contributed by atoms with Crippen molar-refractivity contribution >= 4 is 23.6 Å². The minimum absolute atomic E-state index is 0.0981. The second-order valence-electron chi connectivity index (χ2n) is 5.15. The van der Waals surface area contributed by atoms with Crippen LogP contribution in [0.1, 0.15) is 15.9 Å². The van der Waals surface area contributed by atoms with Crippen molar-refractivity contribution < 1.29 is 14.0 Å². The van der Waals surface area contributed by atoms with Gasteiger partial charge >= 0.3 is 0 Å². The van der Waals surface area contributed by atoms with Crippen molar-refractivity contribution in [1.82, 2.24) is 4.90 Å². The van der Waals surface area contributed by atoms with Gasteiger partial charge in [-0.05, 0) is 48.0 Å². The van der Waals surface area contributed by atoms with Gasteiger partial charge in [-0.25, -0.2) is 4.39 Å². The summed E-state index contributed by atoms with van der Waals surface area (Å²) in [6.45, 7) is 0. The van der Waals surface area contributed by atoms with Crippen LogP contribution in [0.4, 0.5) is 10.1 Å². The number of nitrogens with one attached hydrogen (secondary N) is 1. The van der Waals surface area contributed by atoms with Crippen molar-refractivity contribution in [3.05, 3.63) is 71.6 Å². The molecule has 0 aromatic heterocycles. The molecule has 2 aromatic carbocycles. The zero-order chi connectivity index (χ0) is 16.8. The molecule has 0 aliphatic rings. The minimum atomic E-state index is -0.320. The van der Waals surface area contributed by atoms with E-state index in [0.29, 0.717) is 11.3 Å². The molecule has 0 atom stereocenters. The number of halogens is 1. The molecular formula is C18H17FN2O2. The van der Waals surface area contributed by atoms with E-state index < -0.39 is 0 Å². The lowest BCUT2D eigenvalue weighted by Crippen LogP contribution is -2.21. The fourth-order valence-electron chi connectivity index (χ4n) is 1.88. The molecule has 5 heteroatoms. The van der Waals surface area contributed by atoms with Crippen molar-refractivity contribution in [2.24, 2.45) is 0 Å². The number of nitrogens with zero attached hydrogens (tertiary/aromatic N) is 1. The third-order valence-corrected chi connectivity index (χ3v) is 3.10. The smallest absolute Gasteiger partial charge is 0.253 e. The molecule has 0 saturated carbocycles. The summed E-state index contributed by atoms with van der Waals surface area (Å²) in [5, 5.41) is 2.69. The molecule has 0 unspecified atom stereocenters. The molecule has 1 N–H and O–H groups in total. The Morgan fingerprint density at radius 3 is 2.17 bits per heavy atom. The van der Waals surface area contributed by atoms with Crippen LogP contribution in [0.15, 0.2) is 54.6 Å². The van der Waals surface area contributed by atoms with E-state index in [0.717, 1.165) is 5.56 Å². The van der Waals surface area contributed by atoms with Crippen molar-refractivity contribution in [2.45, 2.75) is 0 Å². The predicted molar refractivity (Wildman–Crippen MR) is 88.5 cm³/mol. The first-order valence-corrected chi connectivity index (χ1v) is 7.02. The summed E-state index contributed by atoms with van der Waals surface area (Å²) < 4.78 is 12.8. The summed E-state index contributed by atoms with van der Waals surface area (Å²) in [7, 11) is 3.36. The highest BCUT2D eigenvalue weighted by Crippen LogP contribution is 2.11. The average Bonchev–Trinajstić information content (AvgIpc) is 2.54. The Hall–Kier alpha value is -2.95. The maximum Gasteiger partial charge on any atom is 0.253 e. The van der Waals surface area contributed by atoms with E-state index in [1.807, 2.05) is 0 Å².